The summed E-state index contributed by atoms with van der Waals surface area (Å²) >= 11 is 0. The van der Waals surface area contributed by atoms with Gasteiger partial charge >= 0.3 is 5.97 Å². The lowest BCUT2D eigenvalue weighted by molar-refractivity contribution is -0.145. The van der Waals surface area contributed by atoms with Crippen LogP contribution in [0, 0.1) is 0 Å². The van der Waals surface area contributed by atoms with Crippen LogP contribution in [0.3, 0.4) is 0 Å². The second-order valence-electron chi connectivity index (χ2n) is 1.83. The summed E-state index contributed by atoms with van der Waals surface area (Å²) in [7, 11) is 1.52. The zero-order valence-corrected chi connectivity index (χ0v) is 7.39. The smallest absolute Gasteiger partial charge is 0.325 e. The lowest BCUT2D eigenvalue weighted by Gasteiger charge is -2.07. The molecule has 0 atom stereocenters. The Morgan fingerprint density at radius 3 is 2.55 bits per heavy atom. The number of nitrogens with zero attached hydrogens (tertiary/aromatic N) is 1. The first-order chi connectivity index (χ1) is 4.70. The Labute approximate surface area is 71.9 Å². The van der Waals surface area contributed by atoms with E-state index in [9.17, 15) is 9.59 Å². The Hall–Kier alpha value is -0.770. The molecule has 5 heteroatoms. The van der Waals surface area contributed by atoms with Gasteiger partial charge in [0.1, 0.15) is 6.54 Å². The Bertz CT molecular complexity index is 129. The van der Waals surface area contributed by atoms with E-state index in [0.717, 1.165) is 0 Å². The van der Waals surface area contributed by atoms with Gasteiger partial charge in [-0.3, -0.25) is 9.59 Å². The molecule has 11 heavy (non-hydrogen) atoms. The summed E-state index contributed by atoms with van der Waals surface area (Å²) in [6.45, 7) is 2.10. The summed E-state index contributed by atoms with van der Waals surface area (Å²) in [5, 5.41) is 0. The lowest BCUT2D eigenvalue weighted by atomic mass is 10.6. The number of carbonyl (C=O) groups excluding carboxylic acids is 2. The van der Waals surface area contributed by atoms with E-state index in [0.29, 0.717) is 13.0 Å². The second-order valence-corrected chi connectivity index (χ2v) is 1.83. The number of ether oxygens (including phenoxy) is 1. The van der Waals surface area contributed by atoms with Crippen LogP contribution in [0.5, 0.6) is 0 Å². The molecule has 0 unspecified atom stereocenters. The fourth-order valence-corrected chi connectivity index (χ4v) is 0.448. The Balaban J connectivity index is 0. The van der Waals surface area contributed by atoms with Crippen molar-refractivity contribution in [2.75, 3.05) is 20.2 Å². The van der Waals surface area contributed by atoms with Crippen molar-refractivity contribution in [2.45, 2.75) is 6.92 Å². The highest BCUT2D eigenvalue weighted by Crippen LogP contribution is 1.80. The van der Waals surface area contributed by atoms with Crippen LogP contribution in [0.2, 0.25) is 0 Å². The SMILES string of the molecule is CCOC(=O)CN(C)C=O.Cl. The van der Waals surface area contributed by atoms with Crippen molar-refractivity contribution >= 4 is 24.8 Å². The van der Waals surface area contributed by atoms with Gasteiger partial charge in [0.25, 0.3) is 0 Å². The molecular weight excluding hydrogens is 170 g/mol. The summed E-state index contributed by atoms with van der Waals surface area (Å²) in [6, 6.07) is 0. The molecule has 0 radical (unpaired) electrons. The van der Waals surface area contributed by atoms with Gasteiger partial charge in [-0.25, -0.2) is 0 Å². The molecule has 0 rings (SSSR count). The van der Waals surface area contributed by atoms with E-state index in [-0.39, 0.29) is 24.9 Å². The Kier molecular flexibility index (Phi) is 8.58. The van der Waals surface area contributed by atoms with Crippen LogP contribution >= 0.6 is 12.4 Å². The van der Waals surface area contributed by atoms with Gasteiger partial charge in [-0.15, -0.1) is 12.4 Å². The van der Waals surface area contributed by atoms with Gasteiger partial charge in [0.2, 0.25) is 6.41 Å². The maximum Gasteiger partial charge on any atom is 0.325 e. The zero-order chi connectivity index (χ0) is 7.98. The largest absolute Gasteiger partial charge is 0.465 e. The molecule has 0 bridgehead atoms. The molecule has 0 saturated heterocycles. The number of halogens is 1. The van der Waals surface area contributed by atoms with E-state index in [4.69, 9.17) is 0 Å². The minimum absolute atomic E-state index is 0. The van der Waals surface area contributed by atoms with Crippen LogP contribution in [0.25, 0.3) is 0 Å². The van der Waals surface area contributed by atoms with Gasteiger partial charge < -0.3 is 9.64 Å². The van der Waals surface area contributed by atoms with Crippen LogP contribution in [-0.2, 0) is 14.3 Å². The number of esters is 1. The second kappa shape index (κ2) is 7.34. The van der Waals surface area contributed by atoms with Crippen molar-refractivity contribution in [1.82, 2.24) is 4.90 Å². The van der Waals surface area contributed by atoms with Crippen LogP contribution < -0.4 is 0 Å². The first-order valence-corrected chi connectivity index (χ1v) is 3.01. The number of hydrogen-bond donors (Lipinski definition) is 0. The topological polar surface area (TPSA) is 46.6 Å². The van der Waals surface area contributed by atoms with E-state index in [1.54, 1.807) is 6.92 Å². The molecule has 0 saturated carbocycles. The number of likely N-dealkylation sites (N-methyl/N-ethyl adjacent to an activating group) is 1. The fraction of sp³-hybridized carbons (Fsp3) is 0.667. The third-order valence-corrected chi connectivity index (χ3v) is 0.864. The molecule has 1 amide bonds. The normalized spacial score (nSPS) is 7.82. The quantitative estimate of drug-likeness (QED) is 0.455. The van der Waals surface area contributed by atoms with E-state index < -0.39 is 0 Å². The van der Waals surface area contributed by atoms with Gasteiger partial charge in [-0.1, -0.05) is 0 Å². The molecule has 0 heterocycles. The van der Waals surface area contributed by atoms with Gasteiger partial charge in [0.15, 0.2) is 0 Å². The van der Waals surface area contributed by atoms with Crippen LogP contribution in [-0.4, -0.2) is 37.5 Å². The standard InChI is InChI=1S/C6H11NO3.ClH/c1-3-10-6(9)4-7(2)5-8;/h5H,3-4H2,1-2H3;1H. The lowest BCUT2D eigenvalue weighted by Crippen LogP contribution is -2.25. The first-order valence-electron chi connectivity index (χ1n) is 3.01. The van der Waals surface area contributed by atoms with Crippen molar-refractivity contribution < 1.29 is 14.3 Å². The molecule has 0 fully saturated rings. The molecule has 0 aliphatic rings. The summed E-state index contributed by atoms with van der Waals surface area (Å²) < 4.78 is 4.57. The molecule has 4 nitrogen and oxygen atoms in total. The molecular formula is C6H12ClNO3. The number of amides is 1. The van der Waals surface area contributed by atoms with Crippen molar-refractivity contribution in [3.05, 3.63) is 0 Å². The van der Waals surface area contributed by atoms with Crippen LogP contribution in [0.15, 0.2) is 0 Å². The maximum absolute atomic E-state index is 10.6. The predicted molar refractivity (Wildman–Crippen MR) is 42.6 cm³/mol. The fourth-order valence-electron chi connectivity index (χ4n) is 0.448. The molecule has 66 valence electrons. The van der Waals surface area contributed by atoms with Crippen molar-refractivity contribution in [3.8, 4) is 0 Å². The maximum atomic E-state index is 10.6. The summed E-state index contributed by atoms with van der Waals surface area (Å²) in [6.07, 6.45) is 0.580. The third-order valence-electron chi connectivity index (χ3n) is 0.864. The molecule has 0 aliphatic carbocycles. The van der Waals surface area contributed by atoms with Crippen LogP contribution in [0.4, 0.5) is 0 Å². The third kappa shape index (κ3) is 7.12. The van der Waals surface area contributed by atoms with Gasteiger partial charge in [-0.2, -0.15) is 0 Å². The summed E-state index contributed by atoms with van der Waals surface area (Å²) in [4.78, 5) is 21.8. The van der Waals surface area contributed by atoms with Crippen LogP contribution in [0.1, 0.15) is 6.92 Å². The highest BCUT2D eigenvalue weighted by atomic mass is 35.5. The van der Waals surface area contributed by atoms with Gasteiger partial charge in [-0.05, 0) is 6.92 Å². The average Bonchev–Trinajstić information content (AvgIpc) is 1.88. The highest BCUT2D eigenvalue weighted by molar-refractivity contribution is 5.85. The minimum atomic E-state index is -0.378. The summed E-state index contributed by atoms with van der Waals surface area (Å²) in [5.74, 6) is -0.378. The van der Waals surface area contributed by atoms with Gasteiger partial charge in [0, 0.05) is 7.05 Å². The number of rotatable bonds is 4. The van der Waals surface area contributed by atoms with E-state index in [1.165, 1.54) is 11.9 Å². The molecule has 0 spiro atoms. The average molecular weight is 182 g/mol. The monoisotopic (exact) mass is 181 g/mol. The van der Waals surface area contributed by atoms with E-state index in [1.807, 2.05) is 0 Å². The molecule has 0 aliphatic heterocycles. The summed E-state index contributed by atoms with van der Waals surface area (Å²) in [5.41, 5.74) is 0. The molecule has 0 aromatic carbocycles. The highest BCUT2D eigenvalue weighted by Gasteiger charge is 2.02. The van der Waals surface area contributed by atoms with Crippen molar-refractivity contribution in [1.29, 1.82) is 0 Å². The number of carbonyl (C=O) groups is 2. The first kappa shape index (κ1) is 12.9. The number of hydrogen-bond acceptors (Lipinski definition) is 3. The van der Waals surface area contributed by atoms with Gasteiger partial charge in [0.05, 0.1) is 6.61 Å². The molecule has 0 aromatic heterocycles. The van der Waals surface area contributed by atoms with Crippen molar-refractivity contribution in [3.63, 3.8) is 0 Å². The Morgan fingerprint density at radius 1 is 1.64 bits per heavy atom. The Morgan fingerprint density at radius 2 is 2.18 bits per heavy atom. The molecule has 0 N–H and O–H groups in total. The van der Waals surface area contributed by atoms with Crippen molar-refractivity contribution in [2.24, 2.45) is 0 Å². The van der Waals surface area contributed by atoms with E-state index >= 15 is 0 Å². The minimum Gasteiger partial charge on any atom is -0.465 e. The zero-order valence-electron chi connectivity index (χ0n) is 6.57. The van der Waals surface area contributed by atoms with E-state index in [2.05, 4.69) is 4.74 Å². The molecule has 0 aromatic rings. The predicted octanol–water partition coefficient (Wildman–Crippen LogP) is 0.0595.